The van der Waals surface area contributed by atoms with Crippen molar-refractivity contribution < 1.29 is 19.1 Å². The monoisotopic (exact) mass is 419 g/mol. The molecule has 2 aromatic carbocycles. The second-order valence-corrected chi connectivity index (χ2v) is 7.71. The number of allylic oxidation sites excluding steroid dienone is 2. The number of nitrogens with one attached hydrogen (secondary N) is 2. The van der Waals surface area contributed by atoms with Gasteiger partial charge in [-0.2, -0.15) is 0 Å². The molecular weight excluding hydrogens is 394 g/mol. The zero-order valence-electron chi connectivity index (χ0n) is 17.3. The Hall–Kier alpha value is -3.61. The van der Waals surface area contributed by atoms with E-state index in [0.717, 1.165) is 11.3 Å². The topological polar surface area (TPSA) is 87.7 Å². The van der Waals surface area contributed by atoms with E-state index in [1.54, 1.807) is 31.4 Å². The summed E-state index contributed by atoms with van der Waals surface area (Å²) in [4.78, 5) is 38.0. The lowest BCUT2D eigenvalue weighted by atomic mass is 9.80. The molecule has 0 unspecified atom stereocenters. The van der Waals surface area contributed by atoms with E-state index < -0.39 is 0 Å². The third kappa shape index (κ3) is 4.45. The molecule has 2 aromatic rings. The summed E-state index contributed by atoms with van der Waals surface area (Å²) in [7, 11) is 1.62. The molecule has 0 radical (unpaired) electrons. The number of methoxy groups -OCH3 is 1. The molecule has 1 fully saturated rings. The van der Waals surface area contributed by atoms with Crippen LogP contribution in [0.1, 0.15) is 28.8 Å². The molecule has 1 heterocycles. The minimum atomic E-state index is -0.360. The van der Waals surface area contributed by atoms with Gasteiger partial charge in [0, 0.05) is 12.1 Å². The summed E-state index contributed by atoms with van der Waals surface area (Å²) in [5, 5.41) is 4.18. The van der Waals surface area contributed by atoms with Crippen LogP contribution in [0.5, 0.6) is 5.75 Å². The third-order valence-corrected chi connectivity index (χ3v) is 5.75. The average Bonchev–Trinajstić information content (AvgIpc) is 2.82. The SMILES string of the molecule is COc1ccc(CCNC(=O)c2cccc(N3NC(=O)[C@@H]4CC=CC[C@@H]4C3=O)c2)cc1. The number of hydrogen-bond donors (Lipinski definition) is 2. The number of rotatable bonds is 6. The molecule has 1 aliphatic heterocycles. The summed E-state index contributed by atoms with van der Waals surface area (Å²) in [5.74, 6) is -0.433. The molecule has 4 rings (SSSR count). The highest BCUT2D eigenvalue weighted by Crippen LogP contribution is 2.32. The molecule has 2 N–H and O–H groups in total. The van der Waals surface area contributed by atoms with Crippen molar-refractivity contribution in [2.24, 2.45) is 11.8 Å². The molecule has 3 amide bonds. The molecular formula is C24H25N3O4. The van der Waals surface area contributed by atoms with Gasteiger partial charge in [-0.05, 0) is 55.2 Å². The maximum absolute atomic E-state index is 12.9. The molecule has 0 aromatic heterocycles. The van der Waals surface area contributed by atoms with Gasteiger partial charge < -0.3 is 10.1 Å². The molecule has 160 valence electrons. The summed E-state index contributed by atoms with van der Waals surface area (Å²) in [6, 6.07) is 14.4. The molecule has 0 spiro atoms. The Labute approximate surface area is 181 Å². The van der Waals surface area contributed by atoms with Crippen molar-refractivity contribution in [2.45, 2.75) is 19.3 Å². The number of hydrazine groups is 1. The second kappa shape index (κ2) is 9.04. The summed E-state index contributed by atoms with van der Waals surface area (Å²) in [6.45, 7) is 0.477. The zero-order valence-corrected chi connectivity index (χ0v) is 17.3. The molecule has 2 atom stereocenters. The zero-order chi connectivity index (χ0) is 21.8. The minimum absolute atomic E-state index is 0.147. The first-order valence-electron chi connectivity index (χ1n) is 10.4. The molecule has 0 saturated carbocycles. The van der Waals surface area contributed by atoms with E-state index in [4.69, 9.17) is 4.74 Å². The van der Waals surface area contributed by atoms with Crippen LogP contribution in [0.15, 0.2) is 60.7 Å². The Balaban J connectivity index is 1.40. The van der Waals surface area contributed by atoms with Gasteiger partial charge in [0.05, 0.1) is 24.6 Å². The van der Waals surface area contributed by atoms with Crippen LogP contribution in [0.3, 0.4) is 0 Å². The predicted molar refractivity (Wildman–Crippen MR) is 116 cm³/mol. The number of carbonyl (C=O) groups is 3. The van der Waals surface area contributed by atoms with Crippen LogP contribution in [0, 0.1) is 11.8 Å². The molecule has 0 bridgehead atoms. The molecule has 31 heavy (non-hydrogen) atoms. The van der Waals surface area contributed by atoms with Crippen LogP contribution in [0.4, 0.5) is 5.69 Å². The average molecular weight is 419 g/mol. The van der Waals surface area contributed by atoms with Crippen molar-refractivity contribution in [1.82, 2.24) is 10.7 Å². The van der Waals surface area contributed by atoms with Gasteiger partial charge in [-0.3, -0.25) is 19.8 Å². The summed E-state index contributed by atoms with van der Waals surface area (Å²) in [5.41, 5.74) is 4.69. The Morgan fingerprint density at radius 2 is 1.84 bits per heavy atom. The van der Waals surface area contributed by atoms with Gasteiger partial charge in [-0.1, -0.05) is 30.4 Å². The van der Waals surface area contributed by atoms with E-state index in [0.29, 0.717) is 37.1 Å². The lowest BCUT2D eigenvalue weighted by molar-refractivity contribution is -0.139. The number of fused-ring (bicyclic) bond motifs is 1. The maximum Gasteiger partial charge on any atom is 0.251 e. The quantitative estimate of drug-likeness (QED) is 0.705. The van der Waals surface area contributed by atoms with Gasteiger partial charge in [0.15, 0.2) is 0 Å². The van der Waals surface area contributed by atoms with E-state index in [1.807, 2.05) is 36.4 Å². The number of carbonyl (C=O) groups excluding carboxylic acids is 3. The molecule has 2 aliphatic rings. The summed E-state index contributed by atoms with van der Waals surface area (Å²) in [6.07, 6.45) is 5.71. The first-order valence-corrected chi connectivity index (χ1v) is 10.4. The van der Waals surface area contributed by atoms with Crippen molar-refractivity contribution in [2.75, 3.05) is 18.7 Å². The van der Waals surface area contributed by atoms with Crippen LogP contribution in [-0.2, 0) is 16.0 Å². The normalized spacial score (nSPS) is 20.1. The van der Waals surface area contributed by atoms with Gasteiger partial charge in [-0.15, -0.1) is 0 Å². The highest BCUT2D eigenvalue weighted by Gasteiger charge is 2.42. The van der Waals surface area contributed by atoms with Gasteiger partial charge in [-0.25, -0.2) is 5.01 Å². The van der Waals surface area contributed by atoms with E-state index in [2.05, 4.69) is 10.7 Å². The van der Waals surface area contributed by atoms with Gasteiger partial charge in [0.25, 0.3) is 5.91 Å². The van der Waals surface area contributed by atoms with Crippen LogP contribution >= 0.6 is 0 Å². The number of anilines is 1. The molecule has 1 saturated heterocycles. The number of amides is 3. The fourth-order valence-electron chi connectivity index (χ4n) is 3.98. The molecule has 7 heteroatoms. The Morgan fingerprint density at radius 3 is 2.58 bits per heavy atom. The van der Waals surface area contributed by atoms with E-state index in [-0.39, 0.29) is 29.6 Å². The van der Waals surface area contributed by atoms with Crippen molar-refractivity contribution >= 4 is 23.4 Å². The summed E-state index contributed by atoms with van der Waals surface area (Å²) < 4.78 is 5.15. The highest BCUT2D eigenvalue weighted by molar-refractivity contribution is 6.05. The fourth-order valence-corrected chi connectivity index (χ4v) is 3.98. The Bertz CT molecular complexity index is 1020. The van der Waals surface area contributed by atoms with Gasteiger partial charge in [0.1, 0.15) is 5.75 Å². The van der Waals surface area contributed by atoms with Crippen LogP contribution < -0.4 is 20.5 Å². The van der Waals surface area contributed by atoms with Crippen molar-refractivity contribution in [3.63, 3.8) is 0 Å². The van der Waals surface area contributed by atoms with E-state index in [1.165, 1.54) is 5.01 Å². The van der Waals surface area contributed by atoms with E-state index in [9.17, 15) is 14.4 Å². The number of hydrogen-bond acceptors (Lipinski definition) is 4. The molecule has 1 aliphatic carbocycles. The maximum atomic E-state index is 12.9. The standard InChI is InChI=1S/C24H25N3O4/c1-31-19-11-9-16(10-12-19)13-14-25-22(28)17-5-4-6-18(15-17)27-24(30)21-8-3-2-7-20(21)23(29)26-27/h2-6,9-12,15,20-21H,7-8,13-14H2,1H3,(H,25,28)(H,26,29)/t20-,21+/m1/s1. The van der Waals surface area contributed by atoms with Gasteiger partial charge >= 0.3 is 0 Å². The number of nitrogens with zero attached hydrogens (tertiary/aromatic N) is 1. The van der Waals surface area contributed by atoms with E-state index >= 15 is 0 Å². The smallest absolute Gasteiger partial charge is 0.251 e. The first-order chi connectivity index (χ1) is 15.1. The van der Waals surface area contributed by atoms with Crippen molar-refractivity contribution in [1.29, 1.82) is 0 Å². The first kappa shape index (κ1) is 20.7. The number of ether oxygens (including phenoxy) is 1. The fraction of sp³-hybridized carbons (Fsp3) is 0.292. The van der Waals surface area contributed by atoms with Crippen LogP contribution in [0.2, 0.25) is 0 Å². The number of benzene rings is 2. The van der Waals surface area contributed by atoms with Crippen molar-refractivity contribution in [3.8, 4) is 5.75 Å². The Kier molecular flexibility index (Phi) is 6.02. The molecule has 7 nitrogen and oxygen atoms in total. The van der Waals surface area contributed by atoms with Gasteiger partial charge in [0.2, 0.25) is 11.8 Å². The third-order valence-electron chi connectivity index (χ3n) is 5.75. The van der Waals surface area contributed by atoms with Crippen LogP contribution in [0.25, 0.3) is 0 Å². The van der Waals surface area contributed by atoms with Crippen molar-refractivity contribution in [3.05, 3.63) is 71.8 Å². The minimum Gasteiger partial charge on any atom is -0.497 e. The lowest BCUT2D eigenvalue weighted by Crippen LogP contribution is -2.59. The summed E-state index contributed by atoms with van der Waals surface area (Å²) >= 11 is 0. The van der Waals surface area contributed by atoms with Crippen LogP contribution in [-0.4, -0.2) is 31.4 Å². The predicted octanol–water partition coefficient (Wildman–Crippen LogP) is 2.63. The largest absolute Gasteiger partial charge is 0.497 e. The Morgan fingerprint density at radius 1 is 1.10 bits per heavy atom. The lowest BCUT2D eigenvalue weighted by Gasteiger charge is -2.38. The highest BCUT2D eigenvalue weighted by atomic mass is 16.5. The second-order valence-electron chi connectivity index (χ2n) is 7.71.